The van der Waals surface area contributed by atoms with E-state index in [1.165, 1.54) is 5.56 Å². The Morgan fingerprint density at radius 2 is 2.09 bits per heavy atom. The highest BCUT2D eigenvalue weighted by Crippen LogP contribution is 2.54. The zero-order chi connectivity index (χ0) is 14.9. The summed E-state index contributed by atoms with van der Waals surface area (Å²) in [4.78, 5) is 12.0. The van der Waals surface area contributed by atoms with Crippen LogP contribution in [0.5, 0.6) is 0 Å². The van der Waals surface area contributed by atoms with Crippen molar-refractivity contribution in [2.75, 3.05) is 0 Å². The van der Waals surface area contributed by atoms with Crippen molar-refractivity contribution >= 4 is 5.97 Å². The quantitative estimate of drug-likeness (QED) is 0.623. The van der Waals surface area contributed by atoms with Crippen LogP contribution in [0.15, 0.2) is 59.2 Å². The first-order valence-electron chi connectivity index (χ1n) is 7.75. The number of allylic oxidation sites excluding steroid dienone is 2. The summed E-state index contributed by atoms with van der Waals surface area (Å²) in [6, 6.07) is 12.1. The molecule has 1 aromatic carbocycles. The summed E-state index contributed by atoms with van der Waals surface area (Å²) in [6.07, 6.45) is 7.76. The van der Waals surface area contributed by atoms with Crippen LogP contribution < -0.4 is 0 Å². The maximum Gasteiger partial charge on any atom is 0.310 e. The van der Waals surface area contributed by atoms with E-state index in [4.69, 9.17) is 9.15 Å². The first-order valence-corrected chi connectivity index (χ1v) is 7.75. The van der Waals surface area contributed by atoms with Crippen molar-refractivity contribution in [3.63, 3.8) is 0 Å². The van der Waals surface area contributed by atoms with Gasteiger partial charge >= 0.3 is 5.97 Å². The number of hydrogen-bond acceptors (Lipinski definition) is 3. The van der Waals surface area contributed by atoms with E-state index < -0.39 is 0 Å². The minimum atomic E-state index is -0.0647. The Kier molecular flexibility index (Phi) is 3.34. The summed E-state index contributed by atoms with van der Waals surface area (Å²) >= 11 is 0. The van der Waals surface area contributed by atoms with Crippen LogP contribution in [0.25, 0.3) is 0 Å². The number of hydrogen-bond donors (Lipinski definition) is 0. The molecular weight excluding hydrogens is 276 g/mol. The van der Waals surface area contributed by atoms with E-state index in [9.17, 15) is 4.79 Å². The zero-order valence-electron chi connectivity index (χ0n) is 12.3. The molecule has 0 unspecified atom stereocenters. The molecule has 0 N–H and O–H groups in total. The minimum Gasteiger partial charge on any atom is -0.469 e. The second-order valence-electron chi connectivity index (χ2n) is 6.12. The molecule has 1 heterocycles. The summed E-state index contributed by atoms with van der Waals surface area (Å²) in [6.45, 7) is 0.302. The van der Waals surface area contributed by atoms with Gasteiger partial charge in [0, 0.05) is 12.0 Å². The van der Waals surface area contributed by atoms with Crippen LogP contribution in [0, 0.1) is 17.8 Å². The Labute approximate surface area is 129 Å². The van der Waals surface area contributed by atoms with Gasteiger partial charge in [-0.1, -0.05) is 42.5 Å². The number of rotatable bonds is 5. The smallest absolute Gasteiger partial charge is 0.310 e. The lowest BCUT2D eigenvalue weighted by atomic mass is 10.1. The highest BCUT2D eigenvalue weighted by molar-refractivity contribution is 5.77. The van der Waals surface area contributed by atoms with E-state index in [1.54, 1.807) is 6.26 Å². The van der Waals surface area contributed by atoms with Gasteiger partial charge in [-0.3, -0.25) is 4.79 Å². The lowest BCUT2D eigenvalue weighted by molar-refractivity contribution is -0.147. The highest BCUT2D eigenvalue weighted by atomic mass is 16.5. The first kappa shape index (κ1) is 13.4. The van der Waals surface area contributed by atoms with Crippen LogP contribution in [0.3, 0.4) is 0 Å². The molecule has 112 valence electrons. The summed E-state index contributed by atoms with van der Waals surface area (Å²) in [7, 11) is 0. The molecule has 0 saturated heterocycles. The molecule has 4 rings (SSSR count). The number of carbonyl (C=O) groups excluding carboxylic acids is 1. The van der Waals surface area contributed by atoms with Crippen LogP contribution in [0.4, 0.5) is 0 Å². The van der Waals surface area contributed by atoms with Gasteiger partial charge in [-0.15, -0.1) is 0 Å². The Morgan fingerprint density at radius 1 is 1.23 bits per heavy atom. The highest BCUT2D eigenvalue weighted by Gasteiger charge is 2.55. The molecule has 2 aliphatic rings. The van der Waals surface area contributed by atoms with Gasteiger partial charge in [0.25, 0.3) is 0 Å². The largest absolute Gasteiger partial charge is 0.469 e. The second kappa shape index (κ2) is 5.48. The molecular formula is C19H18O3. The van der Waals surface area contributed by atoms with Crippen LogP contribution >= 0.6 is 0 Å². The second-order valence-corrected chi connectivity index (χ2v) is 6.12. The molecule has 2 aromatic rings. The first-order chi connectivity index (χ1) is 10.8. The summed E-state index contributed by atoms with van der Waals surface area (Å²) in [5, 5.41) is 0. The zero-order valence-corrected chi connectivity index (χ0v) is 12.3. The van der Waals surface area contributed by atoms with Gasteiger partial charge in [-0.25, -0.2) is 0 Å². The Morgan fingerprint density at radius 3 is 2.86 bits per heavy atom. The van der Waals surface area contributed by atoms with Crippen molar-refractivity contribution in [1.29, 1.82) is 0 Å². The molecule has 2 aliphatic carbocycles. The third kappa shape index (κ3) is 2.59. The molecule has 3 nitrogen and oxygen atoms in total. The molecule has 3 heteroatoms. The third-order valence-electron chi connectivity index (χ3n) is 4.58. The maximum absolute atomic E-state index is 12.0. The molecule has 0 radical (unpaired) electrons. The van der Waals surface area contributed by atoms with E-state index >= 15 is 0 Å². The van der Waals surface area contributed by atoms with Crippen molar-refractivity contribution in [2.24, 2.45) is 17.8 Å². The number of ether oxygens (including phenoxy) is 1. The van der Waals surface area contributed by atoms with Gasteiger partial charge in [0.15, 0.2) is 0 Å². The monoisotopic (exact) mass is 294 g/mol. The minimum absolute atomic E-state index is 0.0647. The fraction of sp³-hybridized carbons (Fsp3) is 0.316. The SMILES string of the molecule is O=C(OCc1coc(Cc2ccccc2)c1)[C@H]1[C@H]2C=CC[C@H]21. The maximum atomic E-state index is 12.0. The van der Waals surface area contributed by atoms with Gasteiger partial charge < -0.3 is 9.15 Å². The Bertz CT molecular complexity index is 698. The molecule has 22 heavy (non-hydrogen) atoms. The van der Waals surface area contributed by atoms with Gasteiger partial charge in [0.2, 0.25) is 0 Å². The number of esters is 1. The van der Waals surface area contributed by atoms with E-state index in [2.05, 4.69) is 24.3 Å². The van der Waals surface area contributed by atoms with Crippen molar-refractivity contribution in [3.05, 3.63) is 71.7 Å². The number of carbonyl (C=O) groups is 1. The Hall–Kier alpha value is -2.29. The van der Waals surface area contributed by atoms with Crippen LogP contribution in [-0.4, -0.2) is 5.97 Å². The van der Waals surface area contributed by atoms with Crippen molar-refractivity contribution in [1.82, 2.24) is 0 Å². The normalized spacial score (nSPS) is 25.0. The van der Waals surface area contributed by atoms with Gasteiger partial charge in [0.1, 0.15) is 12.4 Å². The van der Waals surface area contributed by atoms with Crippen molar-refractivity contribution < 1.29 is 13.9 Å². The molecule has 0 amide bonds. The van der Waals surface area contributed by atoms with Crippen LogP contribution in [0.2, 0.25) is 0 Å². The molecule has 1 saturated carbocycles. The fourth-order valence-electron chi connectivity index (χ4n) is 3.33. The summed E-state index contributed by atoms with van der Waals surface area (Å²) in [5.41, 5.74) is 2.12. The van der Waals surface area contributed by atoms with Gasteiger partial charge in [-0.2, -0.15) is 0 Å². The molecule has 1 aromatic heterocycles. The van der Waals surface area contributed by atoms with Gasteiger partial charge in [-0.05, 0) is 29.9 Å². The van der Waals surface area contributed by atoms with Crippen molar-refractivity contribution in [3.8, 4) is 0 Å². The molecule has 0 aliphatic heterocycles. The Balaban J connectivity index is 1.31. The average molecular weight is 294 g/mol. The molecule has 0 bridgehead atoms. The van der Waals surface area contributed by atoms with E-state index in [0.717, 1.165) is 24.2 Å². The lowest BCUT2D eigenvalue weighted by Gasteiger charge is -2.02. The van der Waals surface area contributed by atoms with Crippen LogP contribution in [-0.2, 0) is 22.6 Å². The molecule has 1 fully saturated rings. The predicted molar refractivity (Wildman–Crippen MR) is 82.0 cm³/mol. The third-order valence-corrected chi connectivity index (χ3v) is 4.58. The van der Waals surface area contributed by atoms with E-state index in [-0.39, 0.29) is 11.9 Å². The topological polar surface area (TPSA) is 39.4 Å². The van der Waals surface area contributed by atoms with Crippen molar-refractivity contribution in [2.45, 2.75) is 19.4 Å². The van der Waals surface area contributed by atoms with E-state index in [0.29, 0.717) is 18.4 Å². The predicted octanol–water partition coefficient (Wildman–Crippen LogP) is 3.74. The van der Waals surface area contributed by atoms with Crippen LogP contribution in [0.1, 0.15) is 23.3 Å². The van der Waals surface area contributed by atoms with E-state index in [1.807, 2.05) is 24.3 Å². The number of benzene rings is 1. The van der Waals surface area contributed by atoms with Gasteiger partial charge in [0.05, 0.1) is 12.2 Å². The summed E-state index contributed by atoms with van der Waals surface area (Å²) < 4.78 is 11.0. The average Bonchev–Trinajstić information content (AvgIpc) is 2.91. The number of furan rings is 1. The fourth-order valence-corrected chi connectivity index (χ4v) is 3.33. The molecule has 0 spiro atoms. The standard InChI is InChI=1S/C19H18O3/c20-19(18-16-7-4-8-17(16)18)22-12-14-10-15(21-11-14)9-13-5-2-1-3-6-13/h1-7,10-11,16-18H,8-9,12H2/t16-,17+,18-/m0/s1. The lowest BCUT2D eigenvalue weighted by Crippen LogP contribution is -2.09. The summed E-state index contributed by atoms with van der Waals surface area (Å²) in [5.74, 6) is 1.87. The molecule has 3 atom stereocenters. The number of fused-ring (bicyclic) bond motifs is 1.